The Labute approximate surface area is 163 Å². The van der Waals surface area contributed by atoms with Crippen molar-refractivity contribution >= 4 is 11.6 Å². The summed E-state index contributed by atoms with van der Waals surface area (Å²) in [5.41, 5.74) is 1.07. The second-order valence-corrected chi connectivity index (χ2v) is 7.17. The first-order valence-electron chi connectivity index (χ1n) is 9.34. The molecule has 6 nitrogen and oxygen atoms in total. The molecule has 7 heteroatoms. The number of hydrogen-bond donors (Lipinski definition) is 1. The molecule has 0 bridgehead atoms. The summed E-state index contributed by atoms with van der Waals surface area (Å²) in [7, 11) is 0. The highest BCUT2D eigenvalue weighted by atomic mass is 19.1. The van der Waals surface area contributed by atoms with Gasteiger partial charge in [-0.15, -0.1) is 5.10 Å². The molecule has 1 aromatic carbocycles. The number of carbonyl (C=O) groups excluding carboxylic acids is 1. The number of hydrogen-bond acceptors (Lipinski definition) is 4. The van der Waals surface area contributed by atoms with E-state index in [1.165, 1.54) is 6.07 Å². The van der Waals surface area contributed by atoms with Crippen molar-refractivity contribution in [2.45, 2.75) is 40.0 Å². The maximum atomic E-state index is 13.9. The predicted octanol–water partition coefficient (Wildman–Crippen LogP) is 3.88. The number of aryl methyl sites for hydroxylation is 2. The maximum absolute atomic E-state index is 13.9. The van der Waals surface area contributed by atoms with Crippen molar-refractivity contribution in [1.82, 2.24) is 19.7 Å². The van der Waals surface area contributed by atoms with Crippen LogP contribution < -0.4 is 5.32 Å². The van der Waals surface area contributed by atoms with Crippen LogP contribution in [0.25, 0.3) is 5.82 Å². The van der Waals surface area contributed by atoms with E-state index in [9.17, 15) is 9.18 Å². The van der Waals surface area contributed by atoms with E-state index in [1.54, 1.807) is 23.0 Å². The van der Waals surface area contributed by atoms with Gasteiger partial charge >= 0.3 is 0 Å². The van der Waals surface area contributed by atoms with E-state index in [0.717, 1.165) is 17.8 Å². The lowest BCUT2D eigenvalue weighted by Gasteiger charge is -2.08. The van der Waals surface area contributed by atoms with Crippen LogP contribution >= 0.6 is 0 Å². The predicted molar refractivity (Wildman–Crippen MR) is 106 cm³/mol. The summed E-state index contributed by atoms with van der Waals surface area (Å²) in [6.45, 7) is 6.05. The number of anilines is 1. The van der Waals surface area contributed by atoms with Gasteiger partial charge < -0.3 is 5.32 Å². The molecular weight excluding hydrogens is 357 g/mol. The maximum Gasteiger partial charge on any atom is 0.224 e. The molecule has 0 fully saturated rings. The van der Waals surface area contributed by atoms with Crippen LogP contribution in [0, 0.1) is 18.7 Å². The molecule has 0 saturated carbocycles. The van der Waals surface area contributed by atoms with Crippen LogP contribution in [-0.2, 0) is 17.6 Å². The Morgan fingerprint density at radius 1 is 1.25 bits per heavy atom. The van der Waals surface area contributed by atoms with Gasteiger partial charge in [-0.25, -0.2) is 14.4 Å². The topological polar surface area (TPSA) is 72.7 Å². The van der Waals surface area contributed by atoms with Gasteiger partial charge in [-0.05, 0) is 42.7 Å². The van der Waals surface area contributed by atoms with Gasteiger partial charge in [0.15, 0.2) is 11.6 Å². The van der Waals surface area contributed by atoms with Crippen LogP contribution in [-0.4, -0.2) is 25.7 Å². The zero-order valence-electron chi connectivity index (χ0n) is 16.3. The van der Waals surface area contributed by atoms with Gasteiger partial charge in [-0.3, -0.25) is 4.79 Å². The molecule has 0 aliphatic carbocycles. The summed E-state index contributed by atoms with van der Waals surface area (Å²) in [6.07, 6.45) is 2.98. The molecule has 2 heterocycles. The number of rotatable bonds is 7. The molecule has 0 spiro atoms. The molecule has 0 aliphatic heterocycles. The van der Waals surface area contributed by atoms with Gasteiger partial charge in [-0.2, -0.15) is 4.68 Å². The van der Waals surface area contributed by atoms with E-state index in [2.05, 4.69) is 34.2 Å². The summed E-state index contributed by atoms with van der Waals surface area (Å²) in [6, 6.07) is 10.2. The van der Waals surface area contributed by atoms with E-state index in [-0.39, 0.29) is 18.0 Å². The van der Waals surface area contributed by atoms with Crippen molar-refractivity contribution in [3.8, 4) is 5.82 Å². The minimum Gasteiger partial charge on any atom is -0.324 e. The fourth-order valence-electron chi connectivity index (χ4n) is 2.84. The standard InChI is InChI=1S/C21H24FN5O/c1-14(2)12-18-25-20(27(26-18)19-6-4-5-11-23-19)9-10-21(28)24-17-13-15(3)7-8-16(17)22/h4-8,11,13-14H,9-10,12H2,1-3H3,(H,24,28). The second kappa shape index (κ2) is 8.73. The van der Waals surface area contributed by atoms with Gasteiger partial charge in [0.05, 0.1) is 5.69 Å². The molecule has 0 aliphatic rings. The average molecular weight is 381 g/mol. The van der Waals surface area contributed by atoms with Crippen LogP contribution in [0.1, 0.15) is 37.5 Å². The van der Waals surface area contributed by atoms with E-state index in [1.807, 2.05) is 25.1 Å². The monoisotopic (exact) mass is 381 g/mol. The molecule has 0 saturated heterocycles. The molecule has 3 rings (SSSR count). The molecule has 28 heavy (non-hydrogen) atoms. The Hall–Kier alpha value is -3.09. The van der Waals surface area contributed by atoms with Gasteiger partial charge in [-0.1, -0.05) is 26.0 Å². The lowest BCUT2D eigenvalue weighted by molar-refractivity contribution is -0.116. The summed E-state index contributed by atoms with van der Waals surface area (Å²) in [5, 5.41) is 7.19. The molecule has 2 aromatic heterocycles. The van der Waals surface area contributed by atoms with Crippen molar-refractivity contribution in [2.75, 3.05) is 5.32 Å². The average Bonchev–Trinajstić information content (AvgIpc) is 3.06. The van der Waals surface area contributed by atoms with Crippen molar-refractivity contribution in [2.24, 2.45) is 5.92 Å². The van der Waals surface area contributed by atoms with E-state index >= 15 is 0 Å². The van der Waals surface area contributed by atoms with E-state index in [0.29, 0.717) is 24.0 Å². The van der Waals surface area contributed by atoms with Gasteiger partial charge in [0, 0.05) is 25.5 Å². The second-order valence-electron chi connectivity index (χ2n) is 7.17. The molecule has 3 aromatic rings. The Balaban J connectivity index is 1.74. The van der Waals surface area contributed by atoms with Gasteiger partial charge in [0.2, 0.25) is 5.91 Å². The molecule has 0 unspecified atom stereocenters. The Morgan fingerprint density at radius 2 is 2.07 bits per heavy atom. The van der Waals surface area contributed by atoms with Crippen LogP contribution in [0.3, 0.4) is 0 Å². The number of aromatic nitrogens is 4. The lowest BCUT2D eigenvalue weighted by Crippen LogP contribution is -2.15. The quantitative estimate of drug-likeness (QED) is 0.674. The number of nitrogens with zero attached hydrogens (tertiary/aromatic N) is 4. The largest absolute Gasteiger partial charge is 0.324 e. The highest BCUT2D eigenvalue weighted by Gasteiger charge is 2.15. The van der Waals surface area contributed by atoms with E-state index in [4.69, 9.17) is 0 Å². The smallest absolute Gasteiger partial charge is 0.224 e. The van der Waals surface area contributed by atoms with Crippen molar-refractivity contribution < 1.29 is 9.18 Å². The number of halogens is 1. The van der Waals surface area contributed by atoms with Crippen molar-refractivity contribution in [3.05, 3.63) is 65.6 Å². The van der Waals surface area contributed by atoms with Gasteiger partial charge in [0.25, 0.3) is 0 Å². The minimum absolute atomic E-state index is 0.167. The molecular formula is C21H24FN5O. The fourth-order valence-corrected chi connectivity index (χ4v) is 2.84. The first-order valence-corrected chi connectivity index (χ1v) is 9.34. The normalized spacial score (nSPS) is 11.0. The highest BCUT2D eigenvalue weighted by Crippen LogP contribution is 2.17. The number of nitrogens with one attached hydrogen (secondary N) is 1. The number of carbonyl (C=O) groups is 1. The first kappa shape index (κ1) is 19.7. The third-order valence-electron chi connectivity index (χ3n) is 4.15. The summed E-state index contributed by atoms with van der Waals surface area (Å²) < 4.78 is 15.5. The van der Waals surface area contributed by atoms with Crippen molar-refractivity contribution in [1.29, 1.82) is 0 Å². The van der Waals surface area contributed by atoms with E-state index < -0.39 is 5.82 Å². The summed E-state index contributed by atoms with van der Waals surface area (Å²) in [4.78, 5) is 21.3. The number of benzene rings is 1. The number of amides is 1. The third-order valence-corrected chi connectivity index (χ3v) is 4.15. The van der Waals surface area contributed by atoms with Crippen molar-refractivity contribution in [3.63, 3.8) is 0 Å². The lowest BCUT2D eigenvalue weighted by atomic mass is 10.1. The van der Waals surface area contributed by atoms with Gasteiger partial charge in [0.1, 0.15) is 11.6 Å². The third kappa shape index (κ3) is 5.00. The molecule has 0 atom stereocenters. The molecule has 0 radical (unpaired) electrons. The Bertz CT molecular complexity index is 953. The zero-order chi connectivity index (χ0) is 20.1. The highest BCUT2D eigenvalue weighted by molar-refractivity contribution is 5.91. The first-order chi connectivity index (χ1) is 13.4. The Morgan fingerprint density at radius 3 is 2.79 bits per heavy atom. The zero-order valence-corrected chi connectivity index (χ0v) is 16.3. The molecule has 1 amide bonds. The van der Waals surface area contributed by atoms with Crippen LogP contribution in [0.15, 0.2) is 42.6 Å². The minimum atomic E-state index is -0.449. The Kier molecular flexibility index (Phi) is 6.13. The summed E-state index contributed by atoms with van der Waals surface area (Å²) in [5.74, 6) is 1.74. The van der Waals surface area contributed by atoms with Crippen LogP contribution in [0.5, 0.6) is 0 Å². The number of pyridine rings is 1. The summed E-state index contributed by atoms with van der Waals surface area (Å²) >= 11 is 0. The van der Waals surface area contributed by atoms with Crippen LogP contribution in [0.2, 0.25) is 0 Å². The fraction of sp³-hybridized carbons (Fsp3) is 0.333. The van der Waals surface area contributed by atoms with Crippen LogP contribution in [0.4, 0.5) is 10.1 Å². The molecule has 146 valence electrons. The SMILES string of the molecule is Cc1ccc(F)c(NC(=O)CCc2nc(CC(C)C)nn2-c2ccccn2)c1. The molecule has 1 N–H and O–H groups in total.